The Morgan fingerprint density at radius 2 is 2.05 bits per heavy atom. The van der Waals surface area contributed by atoms with Crippen molar-refractivity contribution in [2.75, 3.05) is 18.5 Å². The predicted octanol–water partition coefficient (Wildman–Crippen LogP) is 2.20. The molecule has 1 aliphatic heterocycles. The lowest BCUT2D eigenvalue weighted by atomic mass is 10.1. The fraction of sp³-hybridized carbons (Fsp3) is 0.125. The first-order valence-electron chi connectivity index (χ1n) is 6.76. The molecular formula is C16H13FN2O3. The van der Waals surface area contributed by atoms with Crippen LogP contribution in [0.15, 0.2) is 42.5 Å². The van der Waals surface area contributed by atoms with Crippen molar-refractivity contribution in [3.8, 4) is 5.75 Å². The molecule has 2 aromatic rings. The summed E-state index contributed by atoms with van der Waals surface area (Å²) in [5.74, 6) is -0.989. The number of hydrogen-bond donors (Lipinski definition) is 2. The maximum Gasteiger partial charge on any atom is 0.258 e. The lowest BCUT2D eigenvalue weighted by Gasteiger charge is -2.10. The summed E-state index contributed by atoms with van der Waals surface area (Å²) in [6.45, 7) is 0.810. The summed E-state index contributed by atoms with van der Waals surface area (Å²) in [6.07, 6.45) is 0. The van der Waals surface area contributed by atoms with E-state index in [9.17, 15) is 14.0 Å². The van der Waals surface area contributed by atoms with E-state index < -0.39 is 11.7 Å². The van der Waals surface area contributed by atoms with Crippen LogP contribution in [-0.2, 0) is 0 Å². The van der Waals surface area contributed by atoms with Gasteiger partial charge in [-0.25, -0.2) is 4.39 Å². The Labute approximate surface area is 126 Å². The molecule has 0 spiro atoms. The van der Waals surface area contributed by atoms with E-state index in [-0.39, 0.29) is 11.5 Å². The summed E-state index contributed by atoms with van der Waals surface area (Å²) in [5, 5.41) is 5.26. The molecule has 22 heavy (non-hydrogen) atoms. The molecule has 0 aliphatic carbocycles. The SMILES string of the molecule is O=C(Nc1ccc2c(c1)C(=O)NCCO2)c1ccccc1F. The first-order chi connectivity index (χ1) is 10.6. The highest BCUT2D eigenvalue weighted by molar-refractivity contribution is 6.05. The van der Waals surface area contributed by atoms with Gasteiger partial charge >= 0.3 is 0 Å². The van der Waals surface area contributed by atoms with Crippen LogP contribution in [0.25, 0.3) is 0 Å². The van der Waals surface area contributed by atoms with Gasteiger partial charge < -0.3 is 15.4 Å². The maximum atomic E-state index is 13.6. The highest BCUT2D eigenvalue weighted by Gasteiger charge is 2.18. The number of nitrogens with one attached hydrogen (secondary N) is 2. The van der Waals surface area contributed by atoms with Gasteiger partial charge in [0.1, 0.15) is 18.2 Å². The predicted molar refractivity (Wildman–Crippen MR) is 78.6 cm³/mol. The van der Waals surface area contributed by atoms with Crippen molar-refractivity contribution >= 4 is 17.5 Å². The van der Waals surface area contributed by atoms with Gasteiger partial charge in [-0.2, -0.15) is 0 Å². The molecule has 1 aliphatic rings. The Balaban J connectivity index is 1.86. The van der Waals surface area contributed by atoms with E-state index in [1.54, 1.807) is 18.2 Å². The average Bonchev–Trinajstić information content (AvgIpc) is 2.70. The number of fused-ring (bicyclic) bond motifs is 1. The third-order valence-corrected chi connectivity index (χ3v) is 3.25. The van der Waals surface area contributed by atoms with Gasteiger partial charge in [-0.15, -0.1) is 0 Å². The first-order valence-corrected chi connectivity index (χ1v) is 6.76. The molecule has 0 fully saturated rings. The van der Waals surface area contributed by atoms with Gasteiger partial charge in [0.15, 0.2) is 0 Å². The highest BCUT2D eigenvalue weighted by Crippen LogP contribution is 2.24. The molecular weight excluding hydrogens is 287 g/mol. The van der Waals surface area contributed by atoms with Crippen LogP contribution in [0.4, 0.5) is 10.1 Å². The molecule has 2 N–H and O–H groups in total. The summed E-state index contributed by atoms with van der Waals surface area (Å²) in [6, 6.07) is 10.4. The third-order valence-electron chi connectivity index (χ3n) is 3.25. The standard InChI is InChI=1S/C16H13FN2O3/c17-13-4-2-1-3-11(13)16(21)19-10-5-6-14-12(9-10)15(20)18-7-8-22-14/h1-6,9H,7-8H2,(H,18,20)(H,19,21). The van der Waals surface area contributed by atoms with Crippen molar-refractivity contribution in [1.29, 1.82) is 0 Å². The van der Waals surface area contributed by atoms with Crippen molar-refractivity contribution in [3.05, 3.63) is 59.4 Å². The van der Waals surface area contributed by atoms with Gasteiger partial charge in [0, 0.05) is 5.69 Å². The van der Waals surface area contributed by atoms with E-state index in [2.05, 4.69) is 10.6 Å². The van der Waals surface area contributed by atoms with Crippen LogP contribution in [0.2, 0.25) is 0 Å². The van der Waals surface area contributed by atoms with Gasteiger partial charge in [-0.3, -0.25) is 9.59 Å². The van der Waals surface area contributed by atoms with Crippen LogP contribution < -0.4 is 15.4 Å². The minimum Gasteiger partial charge on any atom is -0.491 e. The van der Waals surface area contributed by atoms with Gasteiger partial charge in [-0.1, -0.05) is 12.1 Å². The molecule has 0 saturated carbocycles. The molecule has 1 heterocycles. The Morgan fingerprint density at radius 3 is 2.86 bits per heavy atom. The van der Waals surface area contributed by atoms with E-state index in [1.807, 2.05) is 0 Å². The van der Waals surface area contributed by atoms with Crippen LogP contribution in [0.3, 0.4) is 0 Å². The quantitative estimate of drug-likeness (QED) is 0.893. The van der Waals surface area contributed by atoms with E-state index in [4.69, 9.17) is 4.74 Å². The number of anilines is 1. The van der Waals surface area contributed by atoms with Crippen LogP contribution in [0, 0.1) is 5.82 Å². The topological polar surface area (TPSA) is 67.4 Å². The Bertz CT molecular complexity index is 746. The van der Waals surface area contributed by atoms with Crippen molar-refractivity contribution in [3.63, 3.8) is 0 Å². The van der Waals surface area contributed by atoms with Crippen LogP contribution in [0.5, 0.6) is 5.75 Å². The highest BCUT2D eigenvalue weighted by atomic mass is 19.1. The molecule has 3 rings (SSSR count). The van der Waals surface area contributed by atoms with Crippen molar-refractivity contribution < 1.29 is 18.7 Å². The smallest absolute Gasteiger partial charge is 0.258 e. The fourth-order valence-corrected chi connectivity index (χ4v) is 2.18. The van der Waals surface area contributed by atoms with E-state index in [1.165, 1.54) is 24.3 Å². The summed E-state index contributed by atoms with van der Waals surface area (Å²) in [5.41, 5.74) is 0.676. The number of hydrogen-bond acceptors (Lipinski definition) is 3. The number of halogens is 1. The van der Waals surface area contributed by atoms with Gasteiger partial charge in [0.25, 0.3) is 11.8 Å². The van der Waals surface area contributed by atoms with Crippen LogP contribution in [0.1, 0.15) is 20.7 Å². The number of carbonyl (C=O) groups excluding carboxylic acids is 2. The summed E-state index contributed by atoms with van der Waals surface area (Å²) in [7, 11) is 0. The third kappa shape index (κ3) is 2.76. The summed E-state index contributed by atoms with van der Waals surface area (Å²) < 4.78 is 19.0. The van der Waals surface area contributed by atoms with Crippen molar-refractivity contribution in [2.45, 2.75) is 0 Å². The molecule has 6 heteroatoms. The fourth-order valence-electron chi connectivity index (χ4n) is 2.18. The van der Waals surface area contributed by atoms with Crippen LogP contribution in [-0.4, -0.2) is 25.0 Å². The lowest BCUT2D eigenvalue weighted by molar-refractivity contribution is 0.0955. The average molecular weight is 300 g/mol. The monoisotopic (exact) mass is 300 g/mol. The van der Waals surface area contributed by atoms with Crippen molar-refractivity contribution in [1.82, 2.24) is 5.32 Å². The largest absolute Gasteiger partial charge is 0.491 e. The van der Waals surface area contributed by atoms with Gasteiger partial charge in [-0.05, 0) is 30.3 Å². The molecule has 0 saturated heterocycles. The number of amides is 2. The Hall–Kier alpha value is -2.89. The number of rotatable bonds is 2. The van der Waals surface area contributed by atoms with Crippen molar-refractivity contribution in [2.24, 2.45) is 0 Å². The minimum absolute atomic E-state index is 0.0573. The second-order valence-electron chi connectivity index (χ2n) is 4.75. The molecule has 0 unspecified atom stereocenters. The zero-order valence-electron chi connectivity index (χ0n) is 11.6. The van der Waals surface area contributed by atoms with E-state index in [0.29, 0.717) is 30.2 Å². The normalized spacial score (nSPS) is 13.4. The van der Waals surface area contributed by atoms with E-state index >= 15 is 0 Å². The molecule has 0 aromatic heterocycles. The minimum atomic E-state index is -0.601. The zero-order chi connectivity index (χ0) is 15.5. The number of carbonyl (C=O) groups is 2. The first kappa shape index (κ1) is 14.1. The molecule has 0 atom stereocenters. The number of benzene rings is 2. The number of ether oxygens (including phenoxy) is 1. The molecule has 2 amide bonds. The Kier molecular flexibility index (Phi) is 3.74. The van der Waals surface area contributed by atoms with Crippen LogP contribution >= 0.6 is 0 Å². The zero-order valence-corrected chi connectivity index (χ0v) is 11.6. The lowest BCUT2D eigenvalue weighted by Crippen LogP contribution is -2.24. The Morgan fingerprint density at radius 1 is 1.23 bits per heavy atom. The van der Waals surface area contributed by atoms with Gasteiger partial charge in [0.2, 0.25) is 0 Å². The molecule has 112 valence electrons. The summed E-state index contributed by atoms with van der Waals surface area (Å²) in [4.78, 5) is 24.0. The second kappa shape index (κ2) is 5.85. The summed E-state index contributed by atoms with van der Waals surface area (Å²) >= 11 is 0. The molecule has 0 radical (unpaired) electrons. The molecule has 0 bridgehead atoms. The molecule has 2 aromatic carbocycles. The van der Waals surface area contributed by atoms with Gasteiger partial charge in [0.05, 0.1) is 17.7 Å². The maximum absolute atomic E-state index is 13.6. The molecule has 5 nitrogen and oxygen atoms in total. The second-order valence-corrected chi connectivity index (χ2v) is 4.75. The van der Waals surface area contributed by atoms with E-state index in [0.717, 1.165) is 0 Å².